The van der Waals surface area contributed by atoms with Crippen molar-refractivity contribution >= 4 is 11.7 Å². The van der Waals surface area contributed by atoms with Crippen molar-refractivity contribution in [1.29, 1.82) is 0 Å². The fraction of sp³-hybridized carbons (Fsp3) is 0.393. The van der Waals surface area contributed by atoms with E-state index in [2.05, 4.69) is 74.5 Å². The van der Waals surface area contributed by atoms with Gasteiger partial charge in [0.25, 0.3) is 0 Å². The van der Waals surface area contributed by atoms with Crippen LogP contribution in [0.3, 0.4) is 0 Å². The Balaban J connectivity index is 1.19. The van der Waals surface area contributed by atoms with E-state index in [0.29, 0.717) is 0 Å². The fourth-order valence-electron chi connectivity index (χ4n) is 4.51. The molecule has 34 heavy (non-hydrogen) atoms. The van der Waals surface area contributed by atoms with Crippen molar-refractivity contribution in [2.24, 2.45) is 5.92 Å². The zero-order chi connectivity index (χ0) is 23.6. The van der Waals surface area contributed by atoms with Crippen molar-refractivity contribution in [3.63, 3.8) is 0 Å². The van der Waals surface area contributed by atoms with E-state index in [1.54, 1.807) is 6.33 Å². The zero-order valence-electron chi connectivity index (χ0n) is 20.1. The highest BCUT2D eigenvalue weighted by Crippen LogP contribution is 2.25. The first-order valence-electron chi connectivity index (χ1n) is 12.4. The number of anilines is 1. The fourth-order valence-corrected chi connectivity index (χ4v) is 4.51. The number of nitrogens with zero attached hydrogens (tertiary/aromatic N) is 4. The maximum absolute atomic E-state index is 12.7. The van der Waals surface area contributed by atoms with Crippen LogP contribution in [-0.4, -0.2) is 53.5 Å². The van der Waals surface area contributed by atoms with Crippen LogP contribution in [0.2, 0.25) is 0 Å². The number of hydrogen-bond donors (Lipinski definition) is 1. The van der Waals surface area contributed by atoms with Gasteiger partial charge in [0, 0.05) is 50.3 Å². The van der Waals surface area contributed by atoms with Crippen LogP contribution in [0.25, 0.3) is 11.3 Å². The van der Waals surface area contributed by atoms with Crippen LogP contribution < -0.4 is 10.2 Å². The third-order valence-corrected chi connectivity index (χ3v) is 6.56. The predicted molar refractivity (Wildman–Crippen MR) is 137 cm³/mol. The first-order valence-corrected chi connectivity index (χ1v) is 12.4. The smallest absolute Gasteiger partial charge is 0.223 e. The van der Waals surface area contributed by atoms with Gasteiger partial charge in [0.05, 0.1) is 5.69 Å². The molecule has 6 nitrogen and oxygen atoms in total. The average molecular weight is 458 g/mol. The molecule has 2 aromatic carbocycles. The van der Waals surface area contributed by atoms with E-state index < -0.39 is 0 Å². The van der Waals surface area contributed by atoms with Crippen molar-refractivity contribution in [2.45, 2.75) is 32.7 Å². The molecule has 3 aromatic rings. The van der Waals surface area contributed by atoms with E-state index >= 15 is 0 Å². The van der Waals surface area contributed by atoms with Gasteiger partial charge < -0.3 is 10.2 Å². The van der Waals surface area contributed by atoms with Crippen LogP contribution in [0.5, 0.6) is 0 Å². The van der Waals surface area contributed by atoms with Crippen molar-refractivity contribution < 1.29 is 4.79 Å². The molecule has 0 radical (unpaired) electrons. The summed E-state index contributed by atoms with van der Waals surface area (Å²) < 4.78 is 0. The lowest BCUT2D eigenvalue weighted by atomic mass is 9.96. The minimum absolute atomic E-state index is 0.0817. The molecule has 0 unspecified atom stereocenters. The number of rotatable bonds is 10. The SMILES string of the molecule is CCN(CCCNC(=O)C1CCN(c2cc(-c3ccccc3)ncn2)CC1)Cc1ccccc1. The quantitative estimate of drug-likeness (QED) is 0.458. The van der Waals surface area contributed by atoms with Gasteiger partial charge in [-0.2, -0.15) is 0 Å². The number of piperidine rings is 1. The molecule has 0 aliphatic carbocycles. The van der Waals surface area contributed by atoms with Crippen LogP contribution in [0.1, 0.15) is 31.7 Å². The van der Waals surface area contributed by atoms with E-state index in [1.807, 2.05) is 24.3 Å². The highest BCUT2D eigenvalue weighted by Gasteiger charge is 2.25. The normalized spacial score (nSPS) is 14.4. The molecule has 178 valence electrons. The molecule has 1 aliphatic heterocycles. The molecule has 1 N–H and O–H groups in total. The van der Waals surface area contributed by atoms with Gasteiger partial charge in [-0.05, 0) is 31.4 Å². The number of hydrogen-bond acceptors (Lipinski definition) is 5. The molecule has 1 aliphatic rings. The van der Waals surface area contributed by atoms with Crippen molar-refractivity contribution in [3.8, 4) is 11.3 Å². The molecule has 1 fully saturated rings. The van der Waals surface area contributed by atoms with Gasteiger partial charge in [-0.3, -0.25) is 9.69 Å². The Morgan fingerprint density at radius 1 is 1.03 bits per heavy atom. The second-order valence-electron chi connectivity index (χ2n) is 8.89. The number of carbonyl (C=O) groups is 1. The number of carbonyl (C=O) groups excluding carboxylic acids is 1. The maximum atomic E-state index is 12.7. The Bertz CT molecular complexity index is 1020. The molecule has 0 saturated carbocycles. The number of aromatic nitrogens is 2. The Kier molecular flexibility index (Phi) is 8.63. The number of amides is 1. The molecule has 0 spiro atoms. The van der Waals surface area contributed by atoms with Crippen molar-refractivity contribution in [2.75, 3.05) is 37.6 Å². The van der Waals surface area contributed by atoms with E-state index in [4.69, 9.17) is 0 Å². The molecule has 1 aromatic heterocycles. The van der Waals surface area contributed by atoms with Crippen LogP contribution >= 0.6 is 0 Å². The monoisotopic (exact) mass is 457 g/mol. The molecule has 0 atom stereocenters. The van der Waals surface area contributed by atoms with Gasteiger partial charge in [0.1, 0.15) is 12.1 Å². The van der Waals surface area contributed by atoms with Gasteiger partial charge in [-0.25, -0.2) is 9.97 Å². The van der Waals surface area contributed by atoms with Crippen LogP contribution in [0.4, 0.5) is 5.82 Å². The standard InChI is InChI=1S/C28H35N5O/c1-2-32(21-23-10-5-3-6-11-23)17-9-16-29-28(34)25-14-18-33(19-15-25)27-20-26(30-22-31-27)24-12-7-4-8-13-24/h3-8,10-13,20,22,25H,2,9,14-19,21H2,1H3,(H,29,34). The Morgan fingerprint density at radius 2 is 1.74 bits per heavy atom. The first kappa shape index (κ1) is 23.9. The summed E-state index contributed by atoms with van der Waals surface area (Å²) in [5, 5.41) is 3.17. The molecule has 2 heterocycles. The summed E-state index contributed by atoms with van der Waals surface area (Å²) in [6.07, 6.45) is 4.31. The van der Waals surface area contributed by atoms with E-state index in [1.165, 1.54) is 5.56 Å². The van der Waals surface area contributed by atoms with E-state index in [-0.39, 0.29) is 11.8 Å². The van der Waals surface area contributed by atoms with Crippen LogP contribution in [-0.2, 0) is 11.3 Å². The highest BCUT2D eigenvalue weighted by molar-refractivity contribution is 5.79. The van der Waals surface area contributed by atoms with E-state index in [0.717, 1.165) is 75.6 Å². The summed E-state index contributed by atoms with van der Waals surface area (Å²) >= 11 is 0. The van der Waals surface area contributed by atoms with Gasteiger partial charge >= 0.3 is 0 Å². The third-order valence-electron chi connectivity index (χ3n) is 6.56. The second-order valence-corrected chi connectivity index (χ2v) is 8.89. The summed E-state index contributed by atoms with van der Waals surface area (Å²) in [6.45, 7) is 7.55. The lowest BCUT2D eigenvalue weighted by Gasteiger charge is -2.32. The highest BCUT2D eigenvalue weighted by atomic mass is 16.1. The van der Waals surface area contributed by atoms with Gasteiger partial charge in [0.2, 0.25) is 5.91 Å². The summed E-state index contributed by atoms with van der Waals surface area (Å²) in [5.74, 6) is 1.21. The minimum Gasteiger partial charge on any atom is -0.356 e. The largest absolute Gasteiger partial charge is 0.356 e. The Morgan fingerprint density at radius 3 is 2.44 bits per heavy atom. The summed E-state index contributed by atoms with van der Waals surface area (Å²) in [7, 11) is 0. The summed E-state index contributed by atoms with van der Waals surface area (Å²) in [4.78, 5) is 26.3. The van der Waals surface area contributed by atoms with Gasteiger partial charge in [-0.1, -0.05) is 67.6 Å². The maximum Gasteiger partial charge on any atom is 0.223 e. The van der Waals surface area contributed by atoms with Crippen molar-refractivity contribution in [1.82, 2.24) is 20.2 Å². The number of benzene rings is 2. The topological polar surface area (TPSA) is 61.4 Å². The Labute approximate surface area is 203 Å². The van der Waals surface area contributed by atoms with Crippen LogP contribution in [0, 0.1) is 5.92 Å². The predicted octanol–water partition coefficient (Wildman–Crippen LogP) is 4.39. The molecule has 1 saturated heterocycles. The molecule has 6 heteroatoms. The van der Waals surface area contributed by atoms with Crippen LogP contribution in [0.15, 0.2) is 73.1 Å². The minimum atomic E-state index is 0.0817. The first-order chi connectivity index (χ1) is 16.7. The average Bonchev–Trinajstić information content (AvgIpc) is 2.91. The van der Waals surface area contributed by atoms with Gasteiger partial charge in [0.15, 0.2) is 0 Å². The number of nitrogens with one attached hydrogen (secondary N) is 1. The molecule has 0 bridgehead atoms. The van der Waals surface area contributed by atoms with Crippen molar-refractivity contribution in [3.05, 3.63) is 78.6 Å². The molecular weight excluding hydrogens is 422 g/mol. The van der Waals surface area contributed by atoms with Gasteiger partial charge in [-0.15, -0.1) is 0 Å². The van der Waals surface area contributed by atoms with E-state index in [9.17, 15) is 4.79 Å². The summed E-state index contributed by atoms with van der Waals surface area (Å²) in [6, 6.07) is 22.8. The lowest BCUT2D eigenvalue weighted by Crippen LogP contribution is -2.41. The molecule has 1 amide bonds. The summed E-state index contributed by atoms with van der Waals surface area (Å²) in [5.41, 5.74) is 3.35. The lowest BCUT2D eigenvalue weighted by molar-refractivity contribution is -0.125. The third kappa shape index (κ3) is 6.64. The zero-order valence-corrected chi connectivity index (χ0v) is 20.1. The molecule has 4 rings (SSSR count). The Hall–Kier alpha value is -3.25. The molecular formula is C28H35N5O. The second kappa shape index (κ2) is 12.3.